The highest BCUT2D eigenvalue weighted by Gasteiger charge is 2.51. The van der Waals surface area contributed by atoms with Gasteiger partial charge in [-0.1, -0.05) is 188 Å². The molecular formula is C59H37NS. The third kappa shape index (κ3) is 4.88. The van der Waals surface area contributed by atoms with Gasteiger partial charge in [-0.2, -0.15) is 0 Å². The smallest absolute Gasteiger partial charge is 0.0732 e. The van der Waals surface area contributed by atoms with Gasteiger partial charge in [-0.3, -0.25) is 0 Å². The van der Waals surface area contributed by atoms with Crippen LogP contribution in [0.15, 0.2) is 224 Å². The molecule has 0 aliphatic heterocycles. The highest BCUT2D eigenvalue weighted by molar-refractivity contribution is 7.25. The van der Waals surface area contributed by atoms with Gasteiger partial charge in [-0.25, -0.2) is 0 Å². The van der Waals surface area contributed by atoms with Crippen LogP contribution in [0.25, 0.3) is 75.5 Å². The predicted octanol–water partition coefficient (Wildman–Crippen LogP) is 16.4. The second-order valence-electron chi connectivity index (χ2n) is 16.3. The van der Waals surface area contributed by atoms with Crippen LogP contribution in [0, 0.1) is 0 Å². The Morgan fingerprint density at radius 1 is 0.344 bits per heavy atom. The van der Waals surface area contributed by atoms with Crippen molar-refractivity contribution in [3.8, 4) is 44.5 Å². The van der Waals surface area contributed by atoms with Gasteiger partial charge in [-0.05, 0) is 108 Å². The van der Waals surface area contributed by atoms with E-state index >= 15 is 0 Å². The second kappa shape index (κ2) is 13.2. The number of hydrogen-bond acceptors (Lipinski definition) is 2. The van der Waals surface area contributed by atoms with Crippen LogP contribution >= 0.6 is 11.3 Å². The van der Waals surface area contributed by atoms with Gasteiger partial charge in [0.05, 0.1) is 11.1 Å². The number of para-hydroxylation sites is 1. The molecule has 0 N–H and O–H groups in total. The summed E-state index contributed by atoms with van der Waals surface area (Å²) in [4.78, 5) is 2.50. The van der Waals surface area contributed by atoms with Crippen LogP contribution < -0.4 is 4.90 Å². The fraction of sp³-hybridized carbons (Fsp3) is 0.0169. The molecule has 0 amide bonds. The van der Waals surface area contributed by atoms with E-state index in [0.29, 0.717) is 0 Å². The summed E-state index contributed by atoms with van der Waals surface area (Å²) in [5.41, 5.74) is 18.1. The average molecular weight is 792 g/mol. The largest absolute Gasteiger partial charge is 0.310 e. The normalized spacial score (nSPS) is 14.6. The van der Waals surface area contributed by atoms with Crippen molar-refractivity contribution >= 4 is 59.3 Å². The van der Waals surface area contributed by atoms with Gasteiger partial charge in [0.25, 0.3) is 0 Å². The molecule has 0 radical (unpaired) electrons. The Hall–Kier alpha value is -7.52. The highest BCUT2D eigenvalue weighted by Crippen LogP contribution is 2.64. The van der Waals surface area contributed by atoms with Crippen molar-refractivity contribution in [3.63, 3.8) is 0 Å². The molecule has 0 saturated heterocycles. The first-order chi connectivity index (χ1) is 30.3. The molecular weight excluding hydrogens is 755 g/mol. The van der Waals surface area contributed by atoms with Crippen molar-refractivity contribution < 1.29 is 0 Å². The Bertz CT molecular complexity index is 3550. The molecule has 13 rings (SSSR count). The van der Waals surface area contributed by atoms with E-state index in [1.165, 1.54) is 97.7 Å². The Morgan fingerprint density at radius 2 is 0.902 bits per heavy atom. The van der Waals surface area contributed by atoms with Crippen molar-refractivity contribution in [3.05, 3.63) is 247 Å². The Labute approximate surface area is 359 Å². The number of benzene rings is 10. The van der Waals surface area contributed by atoms with Gasteiger partial charge in [0.1, 0.15) is 0 Å². The standard InChI is InChI=1S/C59H37NS/c1-3-16-38(17-4-1)43-21-9-13-28-54(43)60(42-32-35-49-48-24-10-14-29-55(48)61-56(49)37-42)41-31-34-47-45-22-7-11-26-51(45)59(53(47)36-41)52-27-12-8-23-46(52)50-25-15-20-40-30-33-44(58(59)57(40)50)39-18-5-2-6-19-39/h1-37H. The molecule has 1 atom stereocenters. The maximum Gasteiger partial charge on any atom is 0.0732 e. The monoisotopic (exact) mass is 791 g/mol. The van der Waals surface area contributed by atoms with Gasteiger partial charge in [0.15, 0.2) is 0 Å². The van der Waals surface area contributed by atoms with Gasteiger partial charge >= 0.3 is 0 Å². The predicted molar refractivity (Wildman–Crippen MR) is 259 cm³/mol. The summed E-state index contributed by atoms with van der Waals surface area (Å²) in [5, 5.41) is 5.19. The van der Waals surface area contributed by atoms with Crippen molar-refractivity contribution in [1.29, 1.82) is 0 Å². The Balaban J connectivity index is 1.15. The molecule has 2 heteroatoms. The summed E-state index contributed by atoms with van der Waals surface area (Å²) >= 11 is 1.87. The molecule has 1 nitrogen and oxygen atoms in total. The first kappa shape index (κ1) is 34.4. The molecule has 2 aliphatic carbocycles. The third-order valence-corrected chi connectivity index (χ3v) is 14.4. The molecule has 1 unspecified atom stereocenters. The summed E-state index contributed by atoms with van der Waals surface area (Å²) in [5.74, 6) is 0. The minimum atomic E-state index is -0.600. The fourth-order valence-electron chi connectivity index (χ4n) is 10.8. The van der Waals surface area contributed by atoms with E-state index in [1.807, 2.05) is 11.3 Å². The summed E-state index contributed by atoms with van der Waals surface area (Å²) < 4.78 is 2.59. The molecule has 1 aromatic heterocycles. The number of nitrogens with zero attached hydrogens (tertiary/aromatic N) is 1. The number of thiophene rings is 1. The molecule has 0 saturated carbocycles. The first-order valence-electron chi connectivity index (χ1n) is 21.1. The molecule has 1 heterocycles. The quantitative estimate of drug-likeness (QED) is 0.168. The zero-order valence-corrected chi connectivity index (χ0v) is 34.0. The SMILES string of the molecule is c1ccc(-c2ccccc2N(c2ccc3c(c2)C2(c4ccccc4-3)c3ccccc3-c3cccc4ccc(-c5ccccc5)c2c34)c2ccc3c(c2)sc2ccccc23)cc1. The molecule has 1 spiro atoms. The average Bonchev–Trinajstić information content (AvgIpc) is 3.84. The van der Waals surface area contributed by atoms with E-state index < -0.39 is 5.41 Å². The molecule has 0 fully saturated rings. The lowest BCUT2D eigenvalue weighted by molar-refractivity contribution is 0.775. The minimum absolute atomic E-state index is 0.600. The van der Waals surface area contributed by atoms with Crippen molar-refractivity contribution in [1.82, 2.24) is 0 Å². The lowest BCUT2D eigenvalue weighted by atomic mass is 9.60. The molecule has 11 aromatic rings. The van der Waals surface area contributed by atoms with E-state index in [4.69, 9.17) is 0 Å². The fourth-order valence-corrected chi connectivity index (χ4v) is 11.9. The molecule has 284 valence electrons. The van der Waals surface area contributed by atoms with Crippen molar-refractivity contribution in [2.24, 2.45) is 0 Å². The number of fused-ring (bicyclic) bond motifs is 12. The van der Waals surface area contributed by atoms with Gasteiger partial charge in [-0.15, -0.1) is 11.3 Å². The van der Waals surface area contributed by atoms with Crippen molar-refractivity contribution in [2.75, 3.05) is 4.90 Å². The topological polar surface area (TPSA) is 3.24 Å². The lowest BCUT2D eigenvalue weighted by Gasteiger charge is -2.41. The highest BCUT2D eigenvalue weighted by atomic mass is 32.1. The van der Waals surface area contributed by atoms with E-state index in [0.717, 1.165) is 17.1 Å². The lowest BCUT2D eigenvalue weighted by Crippen LogP contribution is -2.32. The van der Waals surface area contributed by atoms with E-state index in [9.17, 15) is 0 Å². The third-order valence-electron chi connectivity index (χ3n) is 13.3. The molecule has 2 aliphatic rings. The van der Waals surface area contributed by atoms with Crippen LogP contribution in [0.3, 0.4) is 0 Å². The number of hydrogen-bond donors (Lipinski definition) is 0. The van der Waals surface area contributed by atoms with E-state index in [1.54, 1.807) is 0 Å². The van der Waals surface area contributed by atoms with E-state index in [-0.39, 0.29) is 0 Å². The maximum absolute atomic E-state index is 2.53. The number of rotatable bonds is 5. The second-order valence-corrected chi connectivity index (χ2v) is 17.4. The van der Waals surface area contributed by atoms with Crippen LogP contribution in [0.1, 0.15) is 22.3 Å². The summed E-state index contributed by atoms with van der Waals surface area (Å²) in [7, 11) is 0. The summed E-state index contributed by atoms with van der Waals surface area (Å²) in [6, 6.07) is 83.8. The van der Waals surface area contributed by atoms with Gasteiger partial charge in [0.2, 0.25) is 0 Å². The zero-order valence-electron chi connectivity index (χ0n) is 33.2. The van der Waals surface area contributed by atoms with Crippen LogP contribution in [0.2, 0.25) is 0 Å². The van der Waals surface area contributed by atoms with Crippen LogP contribution in [-0.4, -0.2) is 0 Å². The number of anilines is 3. The first-order valence-corrected chi connectivity index (χ1v) is 21.9. The van der Waals surface area contributed by atoms with Gasteiger partial charge in [0, 0.05) is 37.1 Å². The van der Waals surface area contributed by atoms with Crippen LogP contribution in [0.4, 0.5) is 17.1 Å². The zero-order chi connectivity index (χ0) is 40.1. The van der Waals surface area contributed by atoms with Crippen LogP contribution in [-0.2, 0) is 5.41 Å². The van der Waals surface area contributed by atoms with Crippen molar-refractivity contribution in [2.45, 2.75) is 5.41 Å². The van der Waals surface area contributed by atoms with E-state index in [2.05, 4.69) is 229 Å². The molecule has 10 aromatic carbocycles. The minimum Gasteiger partial charge on any atom is -0.310 e. The van der Waals surface area contributed by atoms with Gasteiger partial charge < -0.3 is 4.90 Å². The molecule has 0 bridgehead atoms. The Morgan fingerprint density at radius 3 is 1.69 bits per heavy atom. The molecule has 61 heavy (non-hydrogen) atoms. The summed E-state index contributed by atoms with van der Waals surface area (Å²) in [6.45, 7) is 0. The maximum atomic E-state index is 2.53. The van der Waals surface area contributed by atoms with Crippen LogP contribution in [0.5, 0.6) is 0 Å². The Kier molecular flexibility index (Phi) is 7.46. The summed E-state index contributed by atoms with van der Waals surface area (Å²) in [6.07, 6.45) is 0.